The monoisotopic (exact) mass is 465 g/mol. The molecule has 0 saturated carbocycles. The van der Waals surface area contributed by atoms with Gasteiger partial charge in [-0.15, -0.1) is 0 Å². The predicted octanol–water partition coefficient (Wildman–Crippen LogP) is 4.31. The number of pyridine rings is 1. The Bertz CT molecular complexity index is 960. The molecule has 1 fully saturated rings. The first-order valence-corrected chi connectivity index (χ1v) is 10.9. The fourth-order valence-electron chi connectivity index (χ4n) is 3.57. The van der Waals surface area contributed by atoms with Gasteiger partial charge in [0.2, 0.25) is 6.10 Å². The van der Waals surface area contributed by atoms with E-state index in [1.807, 2.05) is 83.9 Å². The molecule has 0 N–H and O–H groups in total. The summed E-state index contributed by atoms with van der Waals surface area (Å²) in [5.74, 6) is 0.655. The molecular weight excluding hydrogens is 442 g/mol. The average Bonchev–Trinajstić information content (AvgIpc) is 2.80. The van der Waals surface area contributed by atoms with Crippen LogP contribution in [0.5, 0.6) is 5.75 Å². The Morgan fingerprint density at radius 1 is 0.933 bits per heavy atom. The Morgan fingerprint density at radius 3 is 2.33 bits per heavy atom. The molecular formula is C24H24BrN3O2. The number of amides is 1. The Hall–Kier alpha value is -2.70. The van der Waals surface area contributed by atoms with Crippen molar-refractivity contribution in [2.24, 2.45) is 0 Å². The summed E-state index contributed by atoms with van der Waals surface area (Å²) < 4.78 is 7.04. The van der Waals surface area contributed by atoms with Gasteiger partial charge in [0.05, 0.1) is 10.2 Å². The zero-order chi connectivity index (χ0) is 20.8. The molecule has 6 heteroatoms. The number of hydrogen-bond donors (Lipinski definition) is 0. The van der Waals surface area contributed by atoms with Crippen LogP contribution in [-0.2, 0) is 11.3 Å². The van der Waals surface area contributed by atoms with E-state index in [2.05, 4.69) is 25.8 Å². The maximum atomic E-state index is 13.4. The van der Waals surface area contributed by atoms with E-state index in [9.17, 15) is 4.79 Å². The van der Waals surface area contributed by atoms with Crippen LogP contribution in [0, 0.1) is 0 Å². The number of halogens is 1. The second-order valence-electron chi connectivity index (χ2n) is 7.26. The maximum Gasteiger partial charge on any atom is 0.268 e. The second kappa shape index (κ2) is 9.87. The zero-order valence-corrected chi connectivity index (χ0v) is 18.2. The van der Waals surface area contributed by atoms with Gasteiger partial charge in [-0.2, -0.15) is 0 Å². The molecule has 1 aliphatic heterocycles. The molecule has 3 aromatic rings. The van der Waals surface area contributed by atoms with Gasteiger partial charge >= 0.3 is 0 Å². The summed E-state index contributed by atoms with van der Waals surface area (Å²) in [6.07, 6.45) is 1.14. The Balaban J connectivity index is 1.45. The minimum Gasteiger partial charge on any atom is -0.475 e. The summed E-state index contributed by atoms with van der Waals surface area (Å²) in [6.45, 7) is 3.79. The number of aromatic nitrogens is 1. The molecule has 1 amide bonds. The third-order valence-corrected chi connectivity index (χ3v) is 5.86. The van der Waals surface area contributed by atoms with Gasteiger partial charge in [-0.05, 0) is 40.2 Å². The van der Waals surface area contributed by atoms with E-state index >= 15 is 0 Å². The number of para-hydroxylation sites is 1. The highest BCUT2D eigenvalue weighted by molar-refractivity contribution is 9.10. The molecule has 0 bridgehead atoms. The fourth-order valence-corrected chi connectivity index (χ4v) is 3.95. The number of ether oxygens (including phenoxy) is 1. The van der Waals surface area contributed by atoms with Crippen molar-refractivity contribution in [2.45, 2.75) is 12.6 Å². The maximum absolute atomic E-state index is 13.4. The highest BCUT2D eigenvalue weighted by Gasteiger charge is 2.30. The van der Waals surface area contributed by atoms with Gasteiger partial charge < -0.3 is 9.64 Å². The second-order valence-corrected chi connectivity index (χ2v) is 8.12. The van der Waals surface area contributed by atoms with Crippen LogP contribution in [0.15, 0.2) is 83.5 Å². The van der Waals surface area contributed by atoms with Gasteiger partial charge in [0, 0.05) is 44.5 Å². The van der Waals surface area contributed by atoms with Crippen molar-refractivity contribution >= 4 is 21.8 Å². The SMILES string of the molecule is O=C(C(Oc1ccccc1Br)c1ccccc1)N1CCN(Cc2ccccn2)CC1. The number of piperazine rings is 1. The lowest BCUT2D eigenvalue weighted by molar-refractivity contribution is -0.141. The van der Waals surface area contributed by atoms with Gasteiger partial charge in [0.15, 0.2) is 0 Å². The Kier molecular flexibility index (Phi) is 6.77. The highest BCUT2D eigenvalue weighted by Crippen LogP contribution is 2.30. The predicted molar refractivity (Wildman–Crippen MR) is 120 cm³/mol. The number of nitrogens with zero attached hydrogens (tertiary/aromatic N) is 3. The van der Waals surface area contributed by atoms with Gasteiger partial charge in [-0.3, -0.25) is 14.7 Å². The topological polar surface area (TPSA) is 45.7 Å². The quantitative estimate of drug-likeness (QED) is 0.543. The first-order chi connectivity index (χ1) is 14.7. The van der Waals surface area contributed by atoms with Gasteiger partial charge in [0.1, 0.15) is 5.75 Å². The van der Waals surface area contributed by atoms with Crippen LogP contribution in [-0.4, -0.2) is 46.9 Å². The Labute approximate surface area is 185 Å². The third kappa shape index (κ3) is 5.07. The van der Waals surface area contributed by atoms with E-state index in [4.69, 9.17) is 4.74 Å². The van der Waals surface area contributed by atoms with Gasteiger partial charge in [0.25, 0.3) is 5.91 Å². The molecule has 5 nitrogen and oxygen atoms in total. The number of carbonyl (C=O) groups is 1. The van der Waals surface area contributed by atoms with E-state index < -0.39 is 6.10 Å². The summed E-state index contributed by atoms with van der Waals surface area (Å²) in [7, 11) is 0. The highest BCUT2D eigenvalue weighted by atomic mass is 79.9. The smallest absolute Gasteiger partial charge is 0.268 e. The molecule has 1 saturated heterocycles. The number of hydrogen-bond acceptors (Lipinski definition) is 4. The van der Waals surface area contributed by atoms with Crippen molar-refractivity contribution in [3.8, 4) is 5.75 Å². The largest absolute Gasteiger partial charge is 0.475 e. The van der Waals surface area contributed by atoms with Crippen molar-refractivity contribution in [2.75, 3.05) is 26.2 Å². The van der Waals surface area contributed by atoms with Crippen molar-refractivity contribution < 1.29 is 9.53 Å². The van der Waals surface area contributed by atoms with E-state index in [0.29, 0.717) is 18.8 Å². The average molecular weight is 466 g/mol. The standard InChI is InChI=1S/C24H24BrN3O2/c25-21-11-4-5-12-22(21)30-23(19-8-2-1-3-9-19)24(29)28-16-14-27(15-17-28)18-20-10-6-7-13-26-20/h1-13,23H,14-18H2. The lowest BCUT2D eigenvalue weighted by Gasteiger charge is -2.36. The normalized spacial score (nSPS) is 15.6. The van der Waals surface area contributed by atoms with Gasteiger partial charge in [-0.1, -0.05) is 48.5 Å². The van der Waals surface area contributed by atoms with E-state index in [0.717, 1.165) is 35.4 Å². The molecule has 0 aliphatic carbocycles. The fraction of sp³-hybridized carbons (Fsp3) is 0.250. The van der Waals surface area contributed by atoms with Crippen LogP contribution in [0.2, 0.25) is 0 Å². The van der Waals surface area contributed by atoms with Crippen LogP contribution in [0.4, 0.5) is 0 Å². The molecule has 30 heavy (non-hydrogen) atoms. The van der Waals surface area contributed by atoms with Crippen LogP contribution in [0.25, 0.3) is 0 Å². The van der Waals surface area contributed by atoms with Crippen molar-refractivity contribution in [1.82, 2.24) is 14.8 Å². The number of rotatable bonds is 6. The summed E-state index contributed by atoms with van der Waals surface area (Å²) in [6, 6.07) is 23.3. The minimum atomic E-state index is -0.674. The first-order valence-electron chi connectivity index (χ1n) is 10.1. The Morgan fingerprint density at radius 2 is 1.63 bits per heavy atom. The minimum absolute atomic E-state index is 0.00515. The molecule has 0 radical (unpaired) electrons. The van der Waals surface area contributed by atoms with E-state index in [1.165, 1.54) is 0 Å². The lowest BCUT2D eigenvalue weighted by atomic mass is 10.1. The number of carbonyl (C=O) groups excluding carboxylic acids is 1. The summed E-state index contributed by atoms with van der Waals surface area (Å²) in [5, 5.41) is 0. The van der Waals surface area contributed by atoms with Crippen LogP contribution >= 0.6 is 15.9 Å². The van der Waals surface area contributed by atoms with Crippen LogP contribution in [0.3, 0.4) is 0 Å². The van der Waals surface area contributed by atoms with Crippen molar-refractivity contribution in [3.05, 3.63) is 94.7 Å². The molecule has 4 rings (SSSR count). The van der Waals surface area contributed by atoms with Crippen LogP contribution in [0.1, 0.15) is 17.4 Å². The van der Waals surface area contributed by atoms with E-state index in [-0.39, 0.29) is 5.91 Å². The molecule has 154 valence electrons. The van der Waals surface area contributed by atoms with Gasteiger partial charge in [-0.25, -0.2) is 0 Å². The van der Waals surface area contributed by atoms with Crippen LogP contribution < -0.4 is 4.74 Å². The lowest BCUT2D eigenvalue weighted by Crippen LogP contribution is -2.50. The summed E-state index contributed by atoms with van der Waals surface area (Å²) in [4.78, 5) is 22.1. The molecule has 1 atom stereocenters. The zero-order valence-electron chi connectivity index (χ0n) is 16.7. The molecule has 2 aromatic carbocycles. The van der Waals surface area contributed by atoms with Crippen molar-refractivity contribution in [1.29, 1.82) is 0 Å². The molecule has 1 aliphatic rings. The summed E-state index contributed by atoms with van der Waals surface area (Å²) in [5.41, 5.74) is 1.91. The molecule has 0 spiro atoms. The van der Waals surface area contributed by atoms with E-state index in [1.54, 1.807) is 0 Å². The number of benzene rings is 2. The third-order valence-electron chi connectivity index (χ3n) is 5.20. The molecule has 2 heterocycles. The molecule has 1 aromatic heterocycles. The van der Waals surface area contributed by atoms with Crippen molar-refractivity contribution in [3.63, 3.8) is 0 Å². The summed E-state index contributed by atoms with van der Waals surface area (Å²) >= 11 is 3.52. The first kappa shape index (κ1) is 20.6. The molecule has 1 unspecified atom stereocenters.